The second kappa shape index (κ2) is 7.33. The first-order chi connectivity index (χ1) is 11.3. The number of Topliss-reactive ketones (excluding diaryl/α,β-unsaturated/α-hetero) is 1. The van der Waals surface area contributed by atoms with Gasteiger partial charge in [-0.2, -0.15) is 0 Å². The van der Waals surface area contributed by atoms with Crippen LogP contribution in [0.25, 0.3) is 0 Å². The van der Waals surface area contributed by atoms with Crippen LogP contribution in [0.1, 0.15) is 18.4 Å². The molecule has 2 aromatic carbocycles. The Morgan fingerprint density at radius 1 is 1.12 bits per heavy atom. The number of nitro groups is 1. The summed E-state index contributed by atoms with van der Waals surface area (Å²) in [6.45, 7) is 1.20. The van der Waals surface area contributed by atoms with Crippen molar-refractivity contribution < 1.29 is 18.1 Å². The van der Waals surface area contributed by atoms with Crippen LogP contribution in [-0.2, 0) is 14.8 Å². The maximum absolute atomic E-state index is 12.4. The molecule has 0 aliphatic heterocycles. The molecule has 0 spiro atoms. The minimum Gasteiger partial charge on any atom is -0.299 e. The highest BCUT2D eigenvalue weighted by molar-refractivity contribution is 7.89. The normalized spacial score (nSPS) is 12.5. The lowest BCUT2D eigenvalue weighted by atomic mass is 9.96. The predicted molar refractivity (Wildman–Crippen MR) is 88.1 cm³/mol. The molecule has 7 nitrogen and oxygen atoms in total. The van der Waals surface area contributed by atoms with Gasteiger partial charge < -0.3 is 0 Å². The Kier molecular flexibility index (Phi) is 5.42. The number of nitrogens with zero attached hydrogens (tertiary/aromatic N) is 1. The highest BCUT2D eigenvalue weighted by Crippen LogP contribution is 2.23. The molecule has 0 saturated carbocycles. The topological polar surface area (TPSA) is 106 Å². The Hall–Kier alpha value is -2.58. The van der Waals surface area contributed by atoms with Crippen LogP contribution in [0.2, 0.25) is 0 Å². The number of para-hydroxylation sites is 1. The number of sulfonamides is 1. The third kappa shape index (κ3) is 4.03. The van der Waals surface area contributed by atoms with Gasteiger partial charge in [0.15, 0.2) is 4.90 Å². The molecule has 0 aromatic heterocycles. The zero-order valence-electron chi connectivity index (χ0n) is 12.9. The van der Waals surface area contributed by atoms with Crippen LogP contribution in [0.5, 0.6) is 0 Å². The number of rotatable bonds is 7. The number of benzene rings is 2. The second-order valence-corrected chi connectivity index (χ2v) is 6.89. The van der Waals surface area contributed by atoms with Crippen molar-refractivity contribution in [2.75, 3.05) is 6.54 Å². The smallest absolute Gasteiger partial charge is 0.289 e. The molecule has 8 heteroatoms. The van der Waals surface area contributed by atoms with Gasteiger partial charge in [-0.15, -0.1) is 0 Å². The highest BCUT2D eigenvalue weighted by atomic mass is 32.2. The highest BCUT2D eigenvalue weighted by Gasteiger charge is 2.27. The number of carbonyl (C=O) groups is 1. The van der Waals surface area contributed by atoms with E-state index in [4.69, 9.17) is 0 Å². The van der Waals surface area contributed by atoms with Gasteiger partial charge in [0.1, 0.15) is 5.78 Å². The van der Waals surface area contributed by atoms with Gasteiger partial charge in [-0.25, -0.2) is 13.1 Å². The number of ketones is 1. The van der Waals surface area contributed by atoms with Crippen molar-refractivity contribution in [2.45, 2.75) is 17.7 Å². The molecule has 2 aromatic rings. The summed E-state index contributed by atoms with van der Waals surface area (Å²) >= 11 is 0. The Morgan fingerprint density at radius 3 is 2.29 bits per heavy atom. The minimum absolute atomic E-state index is 0.173. The molecule has 0 saturated heterocycles. The predicted octanol–water partition coefficient (Wildman–Crippen LogP) is 2.25. The standard InChI is InChI=1S/C16H16N2O5S/c1-12(19)14(13-7-3-2-4-8-13)11-17-24(22,23)16-10-6-5-9-15(16)18(20)21/h2-10,14,17H,11H2,1H3/t14-/m1/s1. The Bertz CT molecular complexity index is 850. The van der Waals surface area contributed by atoms with Crippen LogP contribution in [-0.4, -0.2) is 25.7 Å². The molecule has 0 aliphatic rings. The Labute approximate surface area is 139 Å². The molecule has 1 atom stereocenters. The van der Waals surface area contributed by atoms with Crippen LogP contribution >= 0.6 is 0 Å². The van der Waals surface area contributed by atoms with Gasteiger partial charge in [0, 0.05) is 12.6 Å². The maximum Gasteiger partial charge on any atom is 0.289 e. The van der Waals surface area contributed by atoms with E-state index in [1.165, 1.54) is 19.1 Å². The molecule has 0 unspecified atom stereocenters. The fourth-order valence-electron chi connectivity index (χ4n) is 2.29. The van der Waals surface area contributed by atoms with E-state index in [-0.39, 0.29) is 12.3 Å². The monoisotopic (exact) mass is 348 g/mol. The van der Waals surface area contributed by atoms with Gasteiger partial charge in [-0.3, -0.25) is 14.9 Å². The quantitative estimate of drug-likeness (QED) is 0.610. The van der Waals surface area contributed by atoms with Gasteiger partial charge in [0.05, 0.1) is 10.8 Å². The average Bonchev–Trinajstić information content (AvgIpc) is 2.55. The van der Waals surface area contributed by atoms with E-state index in [1.54, 1.807) is 30.3 Å². The van der Waals surface area contributed by atoms with Crippen LogP contribution in [0.15, 0.2) is 59.5 Å². The summed E-state index contributed by atoms with van der Waals surface area (Å²) in [6, 6.07) is 13.8. The van der Waals surface area contributed by atoms with Gasteiger partial charge in [-0.1, -0.05) is 42.5 Å². The summed E-state index contributed by atoms with van der Waals surface area (Å²) in [5.74, 6) is -0.866. The summed E-state index contributed by atoms with van der Waals surface area (Å²) < 4.78 is 27.1. The molecular weight excluding hydrogens is 332 g/mol. The zero-order chi connectivity index (χ0) is 17.7. The zero-order valence-corrected chi connectivity index (χ0v) is 13.7. The summed E-state index contributed by atoms with van der Waals surface area (Å²) in [5.41, 5.74) is 0.166. The summed E-state index contributed by atoms with van der Waals surface area (Å²) in [7, 11) is -4.12. The second-order valence-electron chi connectivity index (χ2n) is 5.15. The van der Waals surface area contributed by atoms with E-state index in [0.29, 0.717) is 5.56 Å². The molecule has 1 N–H and O–H groups in total. The number of nitrogens with one attached hydrogen (secondary N) is 1. The third-order valence-electron chi connectivity index (χ3n) is 3.52. The summed E-state index contributed by atoms with van der Waals surface area (Å²) in [5, 5.41) is 11.0. The molecule has 126 valence electrons. The van der Waals surface area contributed by atoms with Crippen molar-refractivity contribution in [2.24, 2.45) is 0 Å². The Balaban J connectivity index is 2.27. The van der Waals surface area contributed by atoms with Gasteiger partial charge in [0.2, 0.25) is 10.0 Å². The Morgan fingerprint density at radius 2 is 1.71 bits per heavy atom. The molecular formula is C16H16N2O5S. The van der Waals surface area contributed by atoms with Crippen molar-refractivity contribution in [3.63, 3.8) is 0 Å². The van der Waals surface area contributed by atoms with Crippen LogP contribution < -0.4 is 4.72 Å². The van der Waals surface area contributed by atoms with Gasteiger partial charge >= 0.3 is 0 Å². The molecule has 24 heavy (non-hydrogen) atoms. The first-order valence-electron chi connectivity index (χ1n) is 7.11. The fraction of sp³-hybridized carbons (Fsp3) is 0.188. The number of hydrogen-bond acceptors (Lipinski definition) is 5. The van der Waals surface area contributed by atoms with E-state index < -0.39 is 31.4 Å². The number of hydrogen-bond donors (Lipinski definition) is 1. The van der Waals surface area contributed by atoms with Crippen molar-refractivity contribution in [3.05, 3.63) is 70.3 Å². The van der Waals surface area contributed by atoms with E-state index in [2.05, 4.69) is 4.72 Å². The van der Waals surface area contributed by atoms with Crippen LogP contribution in [0, 0.1) is 10.1 Å². The molecule has 0 heterocycles. The molecule has 0 amide bonds. The van der Waals surface area contributed by atoms with Crippen LogP contribution in [0.3, 0.4) is 0 Å². The fourth-order valence-corrected chi connectivity index (χ4v) is 3.50. The molecule has 2 rings (SSSR count). The average molecular weight is 348 g/mol. The van der Waals surface area contributed by atoms with Gasteiger partial charge in [0.25, 0.3) is 5.69 Å². The lowest BCUT2D eigenvalue weighted by molar-refractivity contribution is -0.387. The third-order valence-corrected chi connectivity index (χ3v) is 4.99. The number of carbonyl (C=O) groups excluding carboxylic acids is 1. The maximum atomic E-state index is 12.4. The molecule has 0 radical (unpaired) electrons. The van der Waals surface area contributed by atoms with Crippen LogP contribution in [0.4, 0.5) is 5.69 Å². The first-order valence-corrected chi connectivity index (χ1v) is 8.59. The van der Waals surface area contributed by atoms with E-state index in [0.717, 1.165) is 12.1 Å². The SMILES string of the molecule is CC(=O)[C@@H](CNS(=O)(=O)c1ccccc1[N+](=O)[O-])c1ccccc1. The van der Waals surface area contributed by atoms with E-state index in [1.807, 2.05) is 0 Å². The molecule has 0 fully saturated rings. The molecule has 0 aliphatic carbocycles. The molecule has 0 bridgehead atoms. The van der Waals surface area contributed by atoms with E-state index in [9.17, 15) is 23.3 Å². The lowest BCUT2D eigenvalue weighted by Crippen LogP contribution is -2.31. The van der Waals surface area contributed by atoms with Crippen molar-refractivity contribution in [3.8, 4) is 0 Å². The van der Waals surface area contributed by atoms with Gasteiger partial charge in [-0.05, 0) is 18.6 Å². The summed E-state index contributed by atoms with van der Waals surface area (Å²) in [6.07, 6.45) is 0. The van der Waals surface area contributed by atoms with Crippen molar-refractivity contribution in [1.29, 1.82) is 0 Å². The van der Waals surface area contributed by atoms with E-state index >= 15 is 0 Å². The minimum atomic E-state index is -4.12. The van der Waals surface area contributed by atoms with Crippen molar-refractivity contribution in [1.82, 2.24) is 4.72 Å². The van der Waals surface area contributed by atoms with Crippen molar-refractivity contribution >= 4 is 21.5 Å². The largest absolute Gasteiger partial charge is 0.299 e. The summed E-state index contributed by atoms with van der Waals surface area (Å²) in [4.78, 5) is 21.6. The number of nitro benzene ring substituents is 1. The lowest BCUT2D eigenvalue weighted by Gasteiger charge is -2.15. The first kappa shape index (κ1) is 17.8.